The van der Waals surface area contributed by atoms with E-state index in [0.717, 1.165) is 18.6 Å². The molecule has 0 saturated heterocycles. The van der Waals surface area contributed by atoms with Gasteiger partial charge in [0.15, 0.2) is 11.5 Å². The largest absolute Gasteiger partial charge is 0.382 e. The lowest BCUT2D eigenvalue weighted by molar-refractivity contribution is 0.707. The summed E-state index contributed by atoms with van der Waals surface area (Å²) in [6, 6.07) is 0. The molecule has 0 aliphatic heterocycles. The van der Waals surface area contributed by atoms with Gasteiger partial charge in [-0.3, -0.25) is 4.68 Å². The van der Waals surface area contributed by atoms with Crippen molar-refractivity contribution in [1.82, 2.24) is 29.3 Å². The van der Waals surface area contributed by atoms with Crippen LogP contribution >= 0.6 is 0 Å². The fraction of sp³-hybridized carbons (Fsp3) is 0.273. The van der Waals surface area contributed by atoms with Crippen molar-refractivity contribution in [3.05, 3.63) is 30.6 Å². The highest BCUT2D eigenvalue weighted by atomic mass is 15.2. The van der Waals surface area contributed by atoms with E-state index in [1.54, 1.807) is 11.0 Å². The van der Waals surface area contributed by atoms with Crippen LogP contribution in [0.3, 0.4) is 0 Å². The molecule has 2 N–H and O–H groups in total. The first-order chi connectivity index (χ1) is 8.74. The van der Waals surface area contributed by atoms with E-state index in [4.69, 9.17) is 5.73 Å². The first kappa shape index (κ1) is 10.7. The first-order valence-electron chi connectivity index (χ1n) is 5.63. The van der Waals surface area contributed by atoms with Crippen molar-refractivity contribution < 1.29 is 0 Å². The molecule has 92 valence electrons. The molecule has 7 nitrogen and oxygen atoms in total. The van der Waals surface area contributed by atoms with Crippen molar-refractivity contribution in [3.8, 4) is 0 Å². The Morgan fingerprint density at radius 1 is 1.28 bits per heavy atom. The van der Waals surface area contributed by atoms with Gasteiger partial charge >= 0.3 is 0 Å². The van der Waals surface area contributed by atoms with Crippen LogP contribution in [0.5, 0.6) is 0 Å². The molecule has 0 unspecified atom stereocenters. The minimum absolute atomic E-state index is 0.417. The number of aromatic nitrogens is 6. The molecule has 0 amide bonds. The minimum atomic E-state index is 0.417. The number of nitrogens with two attached hydrogens (primary N) is 1. The Hall–Kier alpha value is -2.44. The van der Waals surface area contributed by atoms with E-state index in [2.05, 4.69) is 20.1 Å². The second-order valence-corrected chi connectivity index (χ2v) is 4.14. The Morgan fingerprint density at radius 2 is 2.17 bits per heavy atom. The highest BCUT2D eigenvalue weighted by Gasteiger charge is 2.07. The van der Waals surface area contributed by atoms with Gasteiger partial charge < -0.3 is 10.3 Å². The van der Waals surface area contributed by atoms with Gasteiger partial charge in [-0.05, 0) is 12.0 Å². The van der Waals surface area contributed by atoms with Crippen LogP contribution in [0.1, 0.15) is 5.56 Å². The highest BCUT2D eigenvalue weighted by Crippen LogP contribution is 2.14. The summed E-state index contributed by atoms with van der Waals surface area (Å²) < 4.78 is 3.77. The monoisotopic (exact) mass is 243 g/mol. The molecule has 3 rings (SSSR count). The zero-order valence-electron chi connectivity index (χ0n) is 9.98. The Labute approximate surface area is 103 Å². The third-order valence-corrected chi connectivity index (χ3v) is 2.83. The van der Waals surface area contributed by atoms with Crippen molar-refractivity contribution in [2.75, 3.05) is 5.73 Å². The van der Waals surface area contributed by atoms with Gasteiger partial charge in [-0.15, -0.1) is 0 Å². The van der Waals surface area contributed by atoms with Crippen LogP contribution in [0, 0.1) is 0 Å². The summed E-state index contributed by atoms with van der Waals surface area (Å²) in [5.74, 6) is 0.417. The smallest absolute Gasteiger partial charge is 0.165 e. The van der Waals surface area contributed by atoms with Gasteiger partial charge in [0.1, 0.15) is 11.8 Å². The summed E-state index contributed by atoms with van der Waals surface area (Å²) in [5, 5.41) is 4.14. The van der Waals surface area contributed by atoms with Crippen LogP contribution in [-0.2, 0) is 20.0 Å². The number of fused-ring (bicyclic) bond motifs is 1. The Bertz CT molecular complexity index is 682. The molecule has 7 heteroatoms. The van der Waals surface area contributed by atoms with Crippen LogP contribution < -0.4 is 5.73 Å². The van der Waals surface area contributed by atoms with E-state index in [0.29, 0.717) is 11.3 Å². The van der Waals surface area contributed by atoms with Gasteiger partial charge in [-0.25, -0.2) is 15.0 Å². The van der Waals surface area contributed by atoms with Crippen LogP contribution in [0.2, 0.25) is 0 Å². The second-order valence-electron chi connectivity index (χ2n) is 4.14. The SMILES string of the molecule is Cn1cc(CCn2cnc3c(N)ncnc32)cn1. The number of imidazole rings is 1. The predicted octanol–water partition coefficient (Wildman–Crippen LogP) is 0.385. The van der Waals surface area contributed by atoms with Crippen molar-refractivity contribution in [2.24, 2.45) is 7.05 Å². The maximum atomic E-state index is 5.74. The van der Waals surface area contributed by atoms with Gasteiger partial charge in [-0.1, -0.05) is 0 Å². The standard InChI is InChI=1S/C11H13N7/c1-17-5-8(4-16-17)2-3-18-7-15-9-10(12)13-6-14-11(9)18/h4-7H,2-3H2,1H3,(H2,12,13,14). The number of aryl methyl sites for hydroxylation is 3. The lowest BCUT2D eigenvalue weighted by Gasteiger charge is -2.01. The Morgan fingerprint density at radius 3 is 2.94 bits per heavy atom. The molecule has 0 spiro atoms. The molecule has 3 aromatic heterocycles. The number of nitrogen functional groups attached to an aromatic ring is 1. The van der Waals surface area contributed by atoms with E-state index in [9.17, 15) is 0 Å². The van der Waals surface area contributed by atoms with Gasteiger partial charge in [-0.2, -0.15) is 5.10 Å². The fourth-order valence-corrected chi connectivity index (χ4v) is 1.91. The average Bonchev–Trinajstić information content (AvgIpc) is 2.94. The molecular weight excluding hydrogens is 230 g/mol. The molecule has 0 aliphatic rings. The number of rotatable bonds is 3. The molecule has 0 radical (unpaired) electrons. The average molecular weight is 243 g/mol. The molecule has 0 aromatic carbocycles. The second kappa shape index (κ2) is 4.10. The molecule has 0 bridgehead atoms. The van der Waals surface area contributed by atoms with Crippen LogP contribution in [0.25, 0.3) is 11.2 Å². The number of hydrogen-bond acceptors (Lipinski definition) is 5. The fourth-order valence-electron chi connectivity index (χ4n) is 1.91. The number of nitrogens with zero attached hydrogens (tertiary/aromatic N) is 6. The first-order valence-corrected chi connectivity index (χ1v) is 5.63. The van der Waals surface area contributed by atoms with Crippen molar-refractivity contribution in [2.45, 2.75) is 13.0 Å². The quantitative estimate of drug-likeness (QED) is 0.718. The zero-order valence-corrected chi connectivity index (χ0v) is 9.98. The van der Waals surface area contributed by atoms with E-state index in [-0.39, 0.29) is 0 Å². The zero-order chi connectivity index (χ0) is 12.5. The van der Waals surface area contributed by atoms with Gasteiger partial charge in [0.25, 0.3) is 0 Å². The third kappa shape index (κ3) is 1.79. The molecule has 18 heavy (non-hydrogen) atoms. The summed E-state index contributed by atoms with van der Waals surface area (Å²) >= 11 is 0. The Balaban J connectivity index is 1.85. The normalized spacial score (nSPS) is 11.2. The molecule has 0 aliphatic carbocycles. The van der Waals surface area contributed by atoms with Crippen molar-refractivity contribution in [1.29, 1.82) is 0 Å². The summed E-state index contributed by atoms with van der Waals surface area (Å²) in [6.07, 6.45) is 7.94. The molecule has 0 saturated carbocycles. The van der Waals surface area contributed by atoms with Gasteiger partial charge in [0.2, 0.25) is 0 Å². The van der Waals surface area contributed by atoms with Crippen molar-refractivity contribution in [3.63, 3.8) is 0 Å². The summed E-state index contributed by atoms with van der Waals surface area (Å²) in [7, 11) is 1.91. The van der Waals surface area contributed by atoms with E-state index < -0.39 is 0 Å². The topological polar surface area (TPSA) is 87.4 Å². The molecule has 0 atom stereocenters. The summed E-state index contributed by atoms with van der Waals surface area (Å²) in [5.41, 5.74) is 8.35. The Kier molecular flexibility index (Phi) is 2.44. The lowest BCUT2D eigenvalue weighted by Crippen LogP contribution is -2.01. The van der Waals surface area contributed by atoms with E-state index in [1.807, 2.05) is 24.0 Å². The number of hydrogen-bond donors (Lipinski definition) is 1. The van der Waals surface area contributed by atoms with E-state index >= 15 is 0 Å². The lowest BCUT2D eigenvalue weighted by atomic mass is 10.2. The predicted molar refractivity (Wildman–Crippen MR) is 66.6 cm³/mol. The van der Waals surface area contributed by atoms with Crippen LogP contribution in [0.4, 0.5) is 5.82 Å². The van der Waals surface area contributed by atoms with Gasteiger partial charge in [0, 0.05) is 19.8 Å². The third-order valence-electron chi connectivity index (χ3n) is 2.83. The van der Waals surface area contributed by atoms with Gasteiger partial charge in [0.05, 0.1) is 12.5 Å². The molecule has 0 fully saturated rings. The summed E-state index contributed by atoms with van der Waals surface area (Å²) in [4.78, 5) is 12.4. The maximum absolute atomic E-state index is 5.74. The maximum Gasteiger partial charge on any atom is 0.165 e. The molecular formula is C11H13N7. The highest BCUT2D eigenvalue weighted by molar-refractivity contribution is 5.81. The van der Waals surface area contributed by atoms with Crippen LogP contribution in [-0.4, -0.2) is 29.3 Å². The molecule has 3 heterocycles. The van der Waals surface area contributed by atoms with Crippen LogP contribution in [0.15, 0.2) is 25.0 Å². The number of anilines is 1. The minimum Gasteiger partial charge on any atom is -0.382 e. The summed E-state index contributed by atoms with van der Waals surface area (Å²) in [6.45, 7) is 0.790. The molecule has 3 aromatic rings. The van der Waals surface area contributed by atoms with E-state index in [1.165, 1.54) is 11.9 Å². The van der Waals surface area contributed by atoms with Crippen molar-refractivity contribution >= 4 is 17.0 Å².